The lowest BCUT2D eigenvalue weighted by atomic mass is 10.0. The van der Waals surface area contributed by atoms with Crippen LogP contribution >= 0.6 is 34.8 Å². The quantitative estimate of drug-likeness (QED) is 0.620. The van der Waals surface area contributed by atoms with Gasteiger partial charge in [-0.1, -0.05) is 58.6 Å². The van der Waals surface area contributed by atoms with Crippen LogP contribution in [0.5, 0.6) is 0 Å². The number of ketones is 2. The highest BCUT2D eigenvalue weighted by Crippen LogP contribution is 2.31. The van der Waals surface area contributed by atoms with E-state index < -0.39 is 9.58 Å². The number of benzene rings is 1. The Bertz CT molecular complexity index is 714. The zero-order chi connectivity index (χ0) is 15.8. The molecule has 0 atom stereocenters. The first kappa shape index (κ1) is 16.1. The van der Waals surface area contributed by atoms with E-state index in [-0.39, 0.29) is 11.5 Å². The number of aryl methyl sites for hydroxylation is 2. The molecule has 2 aromatic rings. The van der Waals surface area contributed by atoms with E-state index in [4.69, 9.17) is 34.8 Å². The average Bonchev–Trinajstić information content (AvgIpc) is 2.78. The summed E-state index contributed by atoms with van der Waals surface area (Å²) >= 11 is 16.8. The summed E-state index contributed by atoms with van der Waals surface area (Å²) in [5, 5.41) is 0. The summed E-state index contributed by atoms with van der Waals surface area (Å²) in [5.41, 5.74) is 2.08. The largest absolute Gasteiger partial charge is 0.347 e. The van der Waals surface area contributed by atoms with Gasteiger partial charge in [0.25, 0.3) is 3.79 Å². The number of aromatic nitrogens is 1. The van der Waals surface area contributed by atoms with Crippen LogP contribution in [-0.2, 0) is 7.05 Å². The first-order chi connectivity index (χ1) is 9.70. The van der Waals surface area contributed by atoms with Gasteiger partial charge < -0.3 is 4.57 Å². The predicted molar refractivity (Wildman–Crippen MR) is 84.6 cm³/mol. The summed E-state index contributed by atoms with van der Waals surface area (Å²) in [4.78, 5) is 24.4. The Hall–Kier alpha value is -1.29. The highest BCUT2D eigenvalue weighted by atomic mass is 35.6. The minimum Gasteiger partial charge on any atom is -0.347 e. The van der Waals surface area contributed by atoms with Gasteiger partial charge in [-0.05, 0) is 19.1 Å². The number of carbonyl (C=O) groups is 2. The SMILES string of the molecule is Cc1cccc(C(=O)c2cc(C(=O)C(Cl)(Cl)Cl)n(C)c2)c1. The highest BCUT2D eigenvalue weighted by Gasteiger charge is 2.34. The summed E-state index contributed by atoms with van der Waals surface area (Å²) in [6.45, 7) is 1.90. The topological polar surface area (TPSA) is 39.1 Å². The number of rotatable bonds is 3. The average molecular weight is 345 g/mol. The van der Waals surface area contributed by atoms with E-state index in [0.29, 0.717) is 11.1 Å². The van der Waals surface area contributed by atoms with E-state index in [0.717, 1.165) is 5.56 Å². The van der Waals surface area contributed by atoms with E-state index in [2.05, 4.69) is 0 Å². The van der Waals surface area contributed by atoms with Gasteiger partial charge in [0.2, 0.25) is 5.78 Å². The van der Waals surface area contributed by atoms with Gasteiger partial charge in [-0.25, -0.2) is 0 Å². The van der Waals surface area contributed by atoms with Crippen molar-refractivity contribution >= 4 is 46.4 Å². The predicted octanol–water partition coefficient (Wildman–Crippen LogP) is 4.12. The molecule has 0 saturated carbocycles. The Morgan fingerprint density at radius 3 is 2.33 bits per heavy atom. The Morgan fingerprint density at radius 2 is 1.76 bits per heavy atom. The summed E-state index contributed by atoms with van der Waals surface area (Å²) < 4.78 is -0.566. The zero-order valence-corrected chi connectivity index (χ0v) is 13.6. The molecule has 0 spiro atoms. The Labute approximate surface area is 137 Å². The van der Waals surface area contributed by atoms with Crippen LogP contribution in [0.2, 0.25) is 0 Å². The van der Waals surface area contributed by atoms with Crippen molar-refractivity contribution in [3.8, 4) is 0 Å². The molecule has 1 heterocycles. The lowest BCUT2D eigenvalue weighted by Crippen LogP contribution is -2.21. The van der Waals surface area contributed by atoms with Gasteiger partial charge in [-0.15, -0.1) is 0 Å². The van der Waals surface area contributed by atoms with Gasteiger partial charge in [0.1, 0.15) is 0 Å². The first-order valence-corrected chi connectivity index (χ1v) is 7.23. The molecule has 0 fully saturated rings. The van der Waals surface area contributed by atoms with E-state index in [9.17, 15) is 9.59 Å². The third-order valence-corrected chi connectivity index (χ3v) is 3.55. The lowest BCUT2D eigenvalue weighted by Gasteiger charge is -2.09. The molecule has 0 bridgehead atoms. The van der Waals surface area contributed by atoms with Crippen molar-refractivity contribution in [2.45, 2.75) is 10.7 Å². The maximum Gasteiger partial charge on any atom is 0.255 e. The molecule has 0 aliphatic heterocycles. The van der Waals surface area contributed by atoms with Crippen molar-refractivity contribution in [2.24, 2.45) is 7.05 Å². The van der Waals surface area contributed by atoms with Crippen molar-refractivity contribution in [1.29, 1.82) is 0 Å². The molecule has 1 aromatic carbocycles. The zero-order valence-electron chi connectivity index (χ0n) is 11.4. The maximum atomic E-state index is 12.4. The number of carbonyl (C=O) groups excluding carboxylic acids is 2. The second kappa shape index (κ2) is 5.84. The minimum atomic E-state index is -2.05. The molecule has 0 N–H and O–H groups in total. The molecule has 110 valence electrons. The van der Waals surface area contributed by atoms with Crippen LogP contribution in [0.4, 0.5) is 0 Å². The van der Waals surface area contributed by atoms with Gasteiger partial charge in [0, 0.05) is 24.4 Å². The Kier molecular flexibility index (Phi) is 4.47. The number of alkyl halides is 3. The molecule has 6 heteroatoms. The number of halogens is 3. The van der Waals surface area contributed by atoms with Crippen molar-refractivity contribution in [1.82, 2.24) is 4.57 Å². The van der Waals surface area contributed by atoms with Crippen molar-refractivity contribution in [3.63, 3.8) is 0 Å². The summed E-state index contributed by atoms with van der Waals surface area (Å²) in [6.07, 6.45) is 1.55. The standard InChI is InChI=1S/C15H12Cl3NO2/c1-9-4-3-5-10(6-9)13(20)11-7-12(19(2)8-11)14(21)15(16,17)18/h3-8H,1-2H3. The first-order valence-electron chi connectivity index (χ1n) is 6.09. The van der Waals surface area contributed by atoms with Gasteiger partial charge in [-0.2, -0.15) is 0 Å². The Balaban J connectivity index is 2.39. The van der Waals surface area contributed by atoms with Crippen LogP contribution in [0.1, 0.15) is 32.0 Å². The van der Waals surface area contributed by atoms with Crippen LogP contribution in [0.3, 0.4) is 0 Å². The molecule has 0 amide bonds. The van der Waals surface area contributed by atoms with E-state index in [1.54, 1.807) is 31.4 Å². The van der Waals surface area contributed by atoms with Crippen LogP contribution in [-0.4, -0.2) is 19.9 Å². The molecule has 0 unspecified atom stereocenters. The van der Waals surface area contributed by atoms with E-state index >= 15 is 0 Å². The number of Topliss-reactive ketones (excluding diaryl/α,β-unsaturated/α-hetero) is 1. The molecular weight excluding hydrogens is 333 g/mol. The van der Waals surface area contributed by atoms with Crippen LogP contribution in [0, 0.1) is 6.92 Å². The normalized spacial score (nSPS) is 11.5. The van der Waals surface area contributed by atoms with Gasteiger partial charge >= 0.3 is 0 Å². The minimum absolute atomic E-state index is 0.172. The van der Waals surface area contributed by atoms with Gasteiger partial charge in [-0.3, -0.25) is 9.59 Å². The van der Waals surface area contributed by atoms with Gasteiger partial charge in [0.05, 0.1) is 5.69 Å². The van der Waals surface area contributed by atoms with Crippen LogP contribution in [0.25, 0.3) is 0 Å². The van der Waals surface area contributed by atoms with Crippen molar-refractivity contribution in [3.05, 3.63) is 58.9 Å². The number of nitrogens with zero attached hydrogens (tertiary/aromatic N) is 1. The molecule has 2 rings (SSSR count). The third kappa shape index (κ3) is 3.49. The van der Waals surface area contributed by atoms with Crippen LogP contribution in [0.15, 0.2) is 36.5 Å². The monoisotopic (exact) mass is 343 g/mol. The molecule has 0 saturated heterocycles. The second-order valence-corrected chi connectivity index (χ2v) is 7.03. The Morgan fingerprint density at radius 1 is 1.10 bits per heavy atom. The fourth-order valence-corrected chi connectivity index (χ4v) is 2.30. The molecular formula is C15H12Cl3NO2. The smallest absolute Gasteiger partial charge is 0.255 e. The molecule has 0 aliphatic carbocycles. The van der Waals surface area contributed by atoms with Crippen molar-refractivity contribution < 1.29 is 9.59 Å². The third-order valence-electron chi connectivity index (χ3n) is 3.04. The van der Waals surface area contributed by atoms with Gasteiger partial charge in [0.15, 0.2) is 5.78 Å². The molecule has 0 aliphatic rings. The second-order valence-electron chi connectivity index (χ2n) is 4.75. The molecule has 1 aromatic heterocycles. The van der Waals surface area contributed by atoms with E-state index in [1.807, 2.05) is 13.0 Å². The number of hydrogen-bond donors (Lipinski definition) is 0. The molecule has 21 heavy (non-hydrogen) atoms. The lowest BCUT2D eigenvalue weighted by molar-refractivity contribution is 0.0988. The molecule has 0 radical (unpaired) electrons. The summed E-state index contributed by atoms with van der Waals surface area (Å²) in [7, 11) is 1.62. The highest BCUT2D eigenvalue weighted by molar-refractivity contribution is 6.77. The fraction of sp³-hybridized carbons (Fsp3) is 0.200. The summed E-state index contributed by atoms with van der Waals surface area (Å²) in [6, 6.07) is 8.65. The fourth-order valence-electron chi connectivity index (χ4n) is 2.01. The van der Waals surface area contributed by atoms with Crippen LogP contribution < -0.4 is 0 Å². The maximum absolute atomic E-state index is 12.4. The van der Waals surface area contributed by atoms with E-state index in [1.165, 1.54) is 10.6 Å². The molecule has 3 nitrogen and oxygen atoms in total. The van der Waals surface area contributed by atoms with Crippen molar-refractivity contribution in [2.75, 3.05) is 0 Å². The number of hydrogen-bond acceptors (Lipinski definition) is 2. The summed E-state index contributed by atoms with van der Waals surface area (Å²) in [5.74, 6) is -0.851.